The molecular formula is C28H30ClN7O8. The number of carbonyl (C=O) groups is 1. The SMILES string of the molecule is C=C(/N=N\NN)c1ccccc1-c1ccc(Cn2c(CCCC)nc(Cl)c2C(=O)OCc2oc(=O)oc2CON(O)O)cc1. The largest absolute Gasteiger partial charge is 0.519 e. The van der Waals surface area contributed by atoms with E-state index >= 15 is 0 Å². The van der Waals surface area contributed by atoms with Crippen molar-refractivity contribution in [3.05, 3.63) is 105 Å². The smallest absolute Gasteiger partial charge is 0.453 e. The van der Waals surface area contributed by atoms with Gasteiger partial charge in [0.05, 0.1) is 11.1 Å². The molecule has 0 aliphatic heterocycles. The summed E-state index contributed by atoms with van der Waals surface area (Å²) in [6.45, 7) is 5.17. The van der Waals surface area contributed by atoms with Crippen molar-refractivity contribution in [1.29, 1.82) is 0 Å². The van der Waals surface area contributed by atoms with Crippen LogP contribution < -0.4 is 17.2 Å². The van der Waals surface area contributed by atoms with Crippen molar-refractivity contribution in [3.8, 4) is 11.1 Å². The van der Waals surface area contributed by atoms with Crippen LogP contribution in [0.3, 0.4) is 0 Å². The van der Waals surface area contributed by atoms with E-state index in [2.05, 4.69) is 32.3 Å². The molecule has 0 saturated heterocycles. The summed E-state index contributed by atoms with van der Waals surface area (Å²) in [7, 11) is 0. The molecule has 0 radical (unpaired) electrons. The molecule has 2 aromatic carbocycles. The van der Waals surface area contributed by atoms with E-state index in [1.54, 1.807) is 4.57 Å². The number of halogens is 1. The fraction of sp³-hybridized carbons (Fsp3) is 0.250. The Hall–Kier alpha value is -4.64. The van der Waals surface area contributed by atoms with Crippen molar-refractivity contribution in [2.75, 3.05) is 0 Å². The Morgan fingerprint density at radius 2 is 1.86 bits per heavy atom. The lowest BCUT2D eigenvalue weighted by Crippen LogP contribution is -2.16. The van der Waals surface area contributed by atoms with E-state index in [0.717, 1.165) is 35.1 Å². The molecule has 0 atom stereocenters. The van der Waals surface area contributed by atoms with Gasteiger partial charge < -0.3 is 18.1 Å². The third kappa shape index (κ3) is 8.04. The molecule has 44 heavy (non-hydrogen) atoms. The van der Waals surface area contributed by atoms with E-state index in [1.165, 1.54) is 0 Å². The number of nitrogens with zero attached hydrogens (tertiary/aromatic N) is 5. The summed E-state index contributed by atoms with van der Waals surface area (Å²) in [4.78, 5) is 33.7. The number of hydrazine groups is 1. The van der Waals surface area contributed by atoms with E-state index in [0.29, 0.717) is 17.9 Å². The molecule has 15 nitrogen and oxygen atoms in total. The predicted molar refractivity (Wildman–Crippen MR) is 155 cm³/mol. The number of carbonyl (C=O) groups excluding carboxylic acids is 1. The lowest BCUT2D eigenvalue weighted by Gasteiger charge is -2.13. The Kier molecular flexibility index (Phi) is 11.1. The van der Waals surface area contributed by atoms with Crippen molar-refractivity contribution >= 4 is 23.3 Å². The monoisotopic (exact) mass is 627 g/mol. The van der Waals surface area contributed by atoms with Crippen molar-refractivity contribution in [2.45, 2.75) is 45.9 Å². The minimum Gasteiger partial charge on any atom is -0.453 e. The maximum atomic E-state index is 13.3. The molecule has 232 valence electrons. The van der Waals surface area contributed by atoms with E-state index in [-0.39, 0.29) is 28.9 Å². The zero-order chi connectivity index (χ0) is 31.6. The highest BCUT2D eigenvalue weighted by Crippen LogP contribution is 2.30. The Balaban J connectivity index is 1.58. The minimum absolute atomic E-state index is 0.0166. The second-order valence-electron chi connectivity index (χ2n) is 9.28. The van der Waals surface area contributed by atoms with E-state index in [4.69, 9.17) is 41.4 Å². The highest BCUT2D eigenvalue weighted by molar-refractivity contribution is 6.32. The second-order valence-corrected chi connectivity index (χ2v) is 9.64. The van der Waals surface area contributed by atoms with Gasteiger partial charge in [0, 0.05) is 18.5 Å². The number of benzene rings is 2. The first kappa shape index (κ1) is 32.3. The maximum Gasteiger partial charge on any atom is 0.519 e. The number of rotatable bonds is 15. The fourth-order valence-electron chi connectivity index (χ4n) is 4.33. The van der Waals surface area contributed by atoms with Crippen LogP contribution in [0, 0.1) is 0 Å². The molecule has 4 aromatic rings. The lowest BCUT2D eigenvalue weighted by molar-refractivity contribution is -0.498. The van der Waals surface area contributed by atoms with Gasteiger partial charge in [0.2, 0.25) is 0 Å². The van der Waals surface area contributed by atoms with E-state index in [1.807, 2.05) is 55.5 Å². The number of unbranched alkanes of at least 4 members (excludes halogenated alkanes) is 1. The van der Waals surface area contributed by atoms with Crippen LogP contribution >= 0.6 is 11.6 Å². The summed E-state index contributed by atoms with van der Waals surface area (Å²) >= 11 is 6.44. The first-order valence-corrected chi connectivity index (χ1v) is 13.7. The molecule has 2 heterocycles. The van der Waals surface area contributed by atoms with Crippen LogP contribution in [0.4, 0.5) is 0 Å². The highest BCUT2D eigenvalue weighted by Gasteiger charge is 2.25. The van der Waals surface area contributed by atoms with Gasteiger partial charge in [-0.3, -0.25) is 10.4 Å². The van der Waals surface area contributed by atoms with Crippen molar-refractivity contribution < 1.29 is 33.6 Å². The van der Waals surface area contributed by atoms with E-state index in [9.17, 15) is 9.59 Å². The van der Waals surface area contributed by atoms with Gasteiger partial charge >= 0.3 is 11.8 Å². The average Bonchev–Trinajstić information content (AvgIpc) is 3.54. The van der Waals surface area contributed by atoms with Crippen LogP contribution in [0.1, 0.15) is 58.7 Å². The molecule has 0 fully saturated rings. The number of ether oxygens (including phenoxy) is 1. The molecule has 0 aliphatic carbocycles. The van der Waals surface area contributed by atoms with Gasteiger partial charge in [0.15, 0.2) is 29.0 Å². The first-order chi connectivity index (χ1) is 21.2. The normalized spacial score (nSPS) is 11.4. The van der Waals surface area contributed by atoms with Crippen LogP contribution in [0.5, 0.6) is 0 Å². The van der Waals surface area contributed by atoms with Gasteiger partial charge in [-0.2, -0.15) is 0 Å². The molecule has 0 aliphatic rings. The second kappa shape index (κ2) is 15.2. The number of nitrogens with two attached hydrogens (primary N) is 1. The van der Waals surface area contributed by atoms with Gasteiger partial charge in [0.25, 0.3) is 0 Å². The van der Waals surface area contributed by atoms with E-state index < -0.39 is 30.4 Å². The Bertz CT molecular complexity index is 1680. The quantitative estimate of drug-likeness (QED) is 0.0607. The van der Waals surface area contributed by atoms with Gasteiger partial charge in [0.1, 0.15) is 12.4 Å². The molecule has 2 aromatic heterocycles. The summed E-state index contributed by atoms with van der Waals surface area (Å²) in [5.41, 5.74) is 6.00. The number of hydrogen-bond acceptors (Lipinski definition) is 13. The Morgan fingerprint density at radius 1 is 1.16 bits per heavy atom. The Labute approximate surface area is 255 Å². The number of hydrogen-bond donors (Lipinski definition) is 4. The number of esters is 1. The summed E-state index contributed by atoms with van der Waals surface area (Å²) in [5.74, 6) is 3.49. The average molecular weight is 628 g/mol. The molecule has 4 rings (SSSR count). The number of aryl methyl sites for hydroxylation is 1. The predicted octanol–water partition coefficient (Wildman–Crippen LogP) is 4.81. The number of nitrogens with one attached hydrogen (secondary N) is 1. The minimum atomic E-state index is -1.09. The molecule has 0 saturated carbocycles. The van der Waals surface area contributed by atoms with Crippen molar-refractivity contribution in [2.24, 2.45) is 16.2 Å². The molecular weight excluding hydrogens is 598 g/mol. The van der Waals surface area contributed by atoms with Crippen LogP contribution in [0.25, 0.3) is 16.8 Å². The Morgan fingerprint density at radius 3 is 2.55 bits per heavy atom. The molecule has 0 spiro atoms. The van der Waals surface area contributed by atoms with Gasteiger partial charge in [-0.25, -0.2) is 30.8 Å². The zero-order valence-corrected chi connectivity index (χ0v) is 24.4. The highest BCUT2D eigenvalue weighted by atomic mass is 35.5. The van der Waals surface area contributed by atoms with Crippen molar-refractivity contribution in [1.82, 2.24) is 20.5 Å². The summed E-state index contributed by atoms with van der Waals surface area (Å²) in [6.07, 6.45) is 2.28. The topological polar surface area (TPSA) is 203 Å². The maximum absolute atomic E-state index is 13.3. The summed E-state index contributed by atoms with van der Waals surface area (Å²) in [6, 6.07) is 15.3. The van der Waals surface area contributed by atoms with Crippen LogP contribution in [0.2, 0.25) is 5.15 Å². The van der Waals surface area contributed by atoms with Crippen LogP contribution in [-0.2, 0) is 35.8 Å². The summed E-state index contributed by atoms with van der Waals surface area (Å²) in [5, 5.41) is 24.5. The van der Waals surface area contributed by atoms with Crippen LogP contribution in [0.15, 0.2) is 79.1 Å². The van der Waals surface area contributed by atoms with Gasteiger partial charge in [-0.05, 0) is 23.1 Å². The number of imidazole rings is 1. The molecule has 0 bridgehead atoms. The number of aromatic nitrogens is 2. The van der Waals surface area contributed by atoms with Gasteiger partial charge in [-0.15, -0.1) is 5.11 Å². The fourth-order valence-corrected chi connectivity index (χ4v) is 4.61. The zero-order valence-electron chi connectivity index (χ0n) is 23.6. The van der Waals surface area contributed by atoms with Crippen LogP contribution in [-0.4, -0.2) is 31.3 Å². The standard InChI is InChI=1S/C28H30ClN7O8/c1-3-4-9-24-31-26(29)25(27(37)41-15-22-23(16-42-36(39)40)44-28(38)43-22)35(24)14-18-10-12-19(13-11-18)21-8-6-5-7-20(21)17(2)32-34-33-30/h5-8,10-13,39-40H,2-4,9,14-16H2,1H3,(H2,30,34)(H,32,33). The third-order valence-electron chi connectivity index (χ3n) is 6.39. The lowest BCUT2D eigenvalue weighted by atomic mass is 9.97. The molecule has 5 N–H and O–H groups in total. The van der Waals surface area contributed by atoms with Gasteiger partial charge in [-0.1, -0.05) is 85.3 Å². The summed E-state index contributed by atoms with van der Waals surface area (Å²) < 4.78 is 16.8. The first-order valence-electron chi connectivity index (χ1n) is 13.3. The molecule has 0 unspecified atom stereocenters. The molecule has 0 amide bonds. The third-order valence-corrected chi connectivity index (χ3v) is 6.66. The molecule has 16 heteroatoms. The van der Waals surface area contributed by atoms with Crippen molar-refractivity contribution in [3.63, 3.8) is 0 Å².